The van der Waals surface area contributed by atoms with E-state index in [1.165, 1.54) is 0 Å². The van der Waals surface area contributed by atoms with Crippen molar-refractivity contribution < 1.29 is 0 Å². The molecule has 0 unspecified atom stereocenters. The highest BCUT2D eigenvalue weighted by Gasteiger charge is 1.47. The highest BCUT2D eigenvalue weighted by Crippen LogP contribution is 1.73. The summed E-state index contributed by atoms with van der Waals surface area (Å²) < 4.78 is 0. The zero-order valence-electron chi connectivity index (χ0n) is 2.37. The molecule has 0 saturated carbocycles. The maximum Gasteiger partial charge on any atom is 0.0814 e. The van der Waals surface area contributed by atoms with Gasteiger partial charge in [-0.25, -0.2) is 0 Å². The van der Waals surface area contributed by atoms with Gasteiger partial charge in [0.15, 0.2) is 0 Å². The fraction of sp³-hybridized carbons (Fsp3) is 0.333. The summed E-state index contributed by atoms with van der Waals surface area (Å²) >= 11 is 3.13. The summed E-state index contributed by atoms with van der Waals surface area (Å²) in [5.74, 6) is 0. The maximum absolute atomic E-state index is 3.43. The molecule has 2 heteroatoms. The molecular weight excluding hydrogens is 127 g/mol. The third-order valence-corrected chi connectivity index (χ3v) is 0.567. The third-order valence-electron chi connectivity index (χ3n) is 0.109. The van der Waals surface area contributed by atoms with Gasteiger partial charge in [-0.15, -0.1) is 6.58 Å². The second-order valence-electron chi connectivity index (χ2n) is 0.443. The van der Waals surface area contributed by atoms with E-state index in [4.69, 9.17) is 0 Å². The molecule has 0 radical (unpaired) electrons. The van der Waals surface area contributed by atoms with E-state index in [2.05, 4.69) is 22.5 Å². The molecule has 0 amide bonds. The van der Waals surface area contributed by atoms with Gasteiger partial charge < -0.3 is 0 Å². The van der Waals surface area contributed by atoms with Crippen molar-refractivity contribution in [2.45, 2.75) is 0 Å². The summed E-state index contributed by atoms with van der Waals surface area (Å²) in [6.45, 7) is 3.43. The second kappa shape index (κ2) is 8.86. The first-order chi connectivity index (χ1) is 1.91. The molecule has 0 aliphatic heterocycles. The lowest BCUT2D eigenvalue weighted by Crippen LogP contribution is -1.43. The molecule has 0 spiro atoms. The summed E-state index contributed by atoms with van der Waals surface area (Å²) in [5.41, 5.74) is 0. The molecule has 0 rings (SSSR count). The van der Waals surface area contributed by atoms with Crippen LogP contribution in [0.15, 0.2) is 12.7 Å². The Morgan fingerprint density at radius 3 is 2.00 bits per heavy atom. The van der Waals surface area contributed by atoms with Crippen LogP contribution in [0.3, 0.4) is 0 Å². The molecule has 0 nitrogen and oxygen atoms in total. The van der Waals surface area contributed by atoms with Gasteiger partial charge in [0.2, 0.25) is 0 Å². The van der Waals surface area contributed by atoms with Crippen LogP contribution in [0.25, 0.3) is 0 Å². The molecule has 0 fully saturated rings. The number of allylic oxidation sites excluding steroid dienone is 1. The quantitative estimate of drug-likeness (QED) is 0.277. The van der Waals surface area contributed by atoms with Crippen LogP contribution >= 0.6 is 15.9 Å². The molecule has 0 aliphatic rings. The predicted octanol–water partition coefficient (Wildman–Crippen LogP) is 0.383. The van der Waals surface area contributed by atoms with E-state index in [1.54, 1.807) is 6.08 Å². The van der Waals surface area contributed by atoms with Crippen LogP contribution in [-0.2, 0) is 0 Å². The molecule has 0 saturated heterocycles. The van der Waals surface area contributed by atoms with Gasteiger partial charge >= 0.3 is 0 Å². The fourth-order valence-electron chi connectivity index (χ4n) is 0. The Bertz CT molecular complexity index is 20.9. The minimum Gasteiger partial charge on any atom is -0.102 e. The lowest BCUT2D eigenvalue weighted by Gasteiger charge is -1.55. The van der Waals surface area contributed by atoms with Crippen LogP contribution in [0.4, 0.5) is 0 Å². The fourth-order valence-corrected chi connectivity index (χ4v) is 0. The molecule has 0 N–H and O–H groups in total. The molecule has 0 aromatic heterocycles. The van der Waals surface area contributed by atoms with E-state index in [1.807, 2.05) is 0 Å². The molecule has 0 aromatic rings. The average molecular weight is 135 g/mol. The van der Waals surface area contributed by atoms with Gasteiger partial charge in [-0.3, -0.25) is 0 Å². The first-order valence-electron chi connectivity index (χ1n) is 1.08. The smallest absolute Gasteiger partial charge is 0.0814 e. The Labute approximate surface area is 43.0 Å². The number of alkyl halides is 1. The Kier molecular flexibility index (Phi) is 15.9. The molecule has 0 bridgehead atoms. The van der Waals surface area contributed by atoms with Gasteiger partial charge in [0.1, 0.15) is 0 Å². The predicted molar refractivity (Wildman–Crippen MR) is 33.9 cm³/mol. The Balaban J connectivity index is 0. The number of halogens is 1. The second-order valence-corrected chi connectivity index (χ2v) is 1.09. The SMILES string of the molecule is B.C=CCBr. The number of hydrogen-bond acceptors (Lipinski definition) is 0. The van der Waals surface area contributed by atoms with Crippen LogP contribution in [0.5, 0.6) is 0 Å². The summed E-state index contributed by atoms with van der Waals surface area (Å²) in [7, 11) is 0. The molecule has 0 aromatic carbocycles. The largest absolute Gasteiger partial charge is 0.102 e. The normalized spacial score (nSPS) is 5.00. The molecule has 0 aliphatic carbocycles. The van der Waals surface area contributed by atoms with Crippen molar-refractivity contribution in [3.8, 4) is 0 Å². The maximum atomic E-state index is 3.43. The monoisotopic (exact) mass is 134 g/mol. The Morgan fingerprint density at radius 1 is 1.80 bits per heavy atom. The van der Waals surface area contributed by atoms with Crippen molar-refractivity contribution in [1.82, 2.24) is 0 Å². The number of hydrogen-bond donors (Lipinski definition) is 0. The molecule has 0 atom stereocenters. The number of rotatable bonds is 1. The highest BCUT2D eigenvalue weighted by atomic mass is 79.9. The van der Waals surface area contributed by atoms with Crippen LogP contribution in [0, 0.1) is 0 Å². The van der Waals surface area contributed by atoms with Gasteiger partial charge in [-0.1, -0.05) is 22.0 Å². The van der Waals surface area contributed by atoms with Gasteiger partial charge in [-0.05, 0) is 0 Å². The van der Waals surface area contributed by atoms with Crippen molar-refractivity contribution in [1.29, 1.82) is 0 Å². The average Bonchev–Trinajstić information content (AvgIpc) is 1.37. The summed E-state index contributed by atoms with van der Waals surface area (Å²) in [6.07, 6.45) is 1.79. The zero-order chi connectivity index (χ0) is 3.41. The summed E-state index contributed by atoms with van der Waals surface area (Å²) in [4.78, 5) is 0. The van der Waals surface area contributed by atoms with Gasteiger partial charge in [-0.2, -0.15) is 0 Å². The van der Waals surface area contributed by atoms with E-state index < -0.39 is 0 Å². The van der Waals surface area contributed by atoms with Crippen LogP contribution in [-0.4, -0.2) is 13.7 Å². The van der Waals surface area contributed by atoms with E-state index in [0.717, 1.165) is 5.33 Å². The Hall–Kier alpha value is 0.285. The highest BCUT2D eigenvalue weighted by molar-refractivity contribution is 9.09. The lowest BCUT2D eigenvalue weighted by atomic mass is 10.8. The van der Waals surface area contributed by atoms with E-state index in [0.29, 0.717) is 0 Å². The van der Waals surface area contributed by atoms with Crippen LogP contribution in [0.2, 0.25) is 0 Å². The Morgan fingerprint density at radius 2 is 2.00 bits per heavy atom. The minimum absolute atomic E-state index is 0. The van der Waals surface area contributed by atoms with E-state index in [-0.39, 0.29) is 8.41 Å². The van der Waals surface area contributed by atoms with Gasteiger partial charge in [0.25, 0.3) is 0 Å². The molecular formula is C3H8BBr. The van der Waals surface area contributed by atoms with E-state index >= 15 is 0 Å². The first-order valence-corrected chi connectivity index (χ1v) is 2.21. The van der Waals surface area contributed by atoms with Crippen molar-refractivity contribution >= 4 is 24.3 Å². The van der Waals surface area contributed by atoms with Gasteiger partial charge in [0.05, 0.1) is 8.41 Å². The lowest BCUT2D eigenvalue weighted by molar-refractivity contribution is 1.87. The van der Waals surface area contributed by atoms with Crippen molar-refractivity contribution in [2.24, 2.45) is 0 Å². The van der Waals surface area contributed by atoms with Crippen molar-refractivity contribution in [2.75, 3.05) is 5.33 Å². The standard InChI is InChI=1S/C3H5Br.BH3/c1-2-3-4;/h2H,1,3H2;1H3. The summed E-state index contributed by atoms with van der Waals surface area (Å²) in [5, 5.41) is 0.896. The van der Waals surface area contributed by atoms with Crippen molar-refractivity contribution in [3.05, 3.63) is 12.7 Å². The van der Waals surface area contributed by atoms with Gasteiger partial charge in [0, 0.05) is 5.33 Å². The van der Waals surface area contributed by atoms with Crippen LogP contribution in [0.1, 0.15) is 0 Å². The van der Waals surface area contributed by atoms with Crippen molar-refractivity contribution in [3.63, 3.8) is 0 Å². The molecule has 30 valence electrons. The molecule has 0 heterocycles. The molecule has 5 heavy (non-hydrogen) atoms. The minimum atomic E-state index is 0. The van der Waals surface area contributed by atoms with E-state index in [9.17, 15) is 0 Å². The first kappa shape index (κ1) is 8.99. The summed E-state index contributed by atoms with van der Waals surface area (Å²) in [6, 6.07) is 0. The van der Waals surface area contributed by atoms with Crippen LogP contribution < -0.4 is 0 Å². The third kappa shape index (κ3) is 13.5. The zero-order valence-corrected chi connectivity index (χ0v) is 3.96. The topological polar surface area (TPSA) is 0 Å².